The van der Waals surface area contributed by atoms with E-state index in [0.29, 0.717) is 18.0 Å². The third-order valence-electron chi connectivity index (χ3n) is 3.29. The summed E-state index contributed by atoms with van der Waals surface area (Å²) in [5, 5.41) is 13.3. The maximum atomic E-state index is 11.3. The molecule has 0 spiro atoms. The molecule has 3 aromatic rings. The molecular weight excluding hydrogens is 340 g/mol. The number of anilines is 1. The van der Waals surface area contributed by atoms with Gasteiger partial charge in [0.05, 0.1) is 16.6 Å². The summed E-state index contributed by atoms with van der Waals surface area (Å²) in [6.45, 7) is 0.408. The van der Waals surface area contributed by atoms with Gasteiger partial charge in [0.2, 0.25) is 10.0 Å². The van der Waals surface area contributed by atoms with Crippen molar-refractivity contribution in [3.05, 3.63) is 41.3 Å². The predicted molar refractivity (Wildman–Crippen MR) is 86.5 cm³/mol. The summed E-state index contributed by atoms with van der Waals surface area (Å²) < 4.78 is 24.3. The van der Waals surface area contributed by atoms with E-state index in [0.717, 1.165) is 10.9 Å². The molecule has 2 aromatic heterocycles. The number of nitrogens with two attached hydrogens (primary N) is 1. The summed E-state index contributed by atoms with van der Waals surface area (Å²) in [5.41, 5.74) is 1.50. The number of fused-ring (bicyclic) bond motifs is 1. The lowest BCUT2D eigenvalue weighted by molar-refractivity contribution is 0.598. The molecule has 23 heavy (non-hydrogen) atoms. The fourth-order valence-corrected chi connectivity index (χ4v) is 3.29. The van der Waals surface area contributed by atoms with Gasteiger partial charge in [0.25, 0.3) is 0 Å². The van der Waals surface area contributed by atoms with Crippen LogP contribution >= 0.6 is 11.6 Å². The van der Waals surface area contributed by atoms with Crippen molar-refractivity contribution in [1.82, 2.24) is 19.7 Å². The van der Waals surface area contributed by atoms with Crippen molar-refractivity contribution in [3.63, 3.8) is 0 Å². The predicted octanol–water partition coefficient (Wildman–Crippen LogP) is 1.28. The number of hydrogen-bond donors (Lipinski definition) is 2. The van der Waals surface area contributed by atoms with Gasteiger partial charge >= 0.3 is 0 Å². The highest BCUT2D eigenvalue weighted by molar-refractivity contribution is 7.89. The Balaban J connectivity index is 1.84. The Morgan fingerprint density at radius 3 is 2.83 bits per heavy atom. The number of primary sulfonamides is 1. The highest BCUT2D eigenvalue weighted by Gasteiger charge is 2.13. The van der Waals surface area contributed by atoms with Crippen molar-refractivity contribution in [2.24, 2.45) is 12.2 Å². The molecule has 10 heteroatoms. The first-order chi connectivity index (χ1) is 10.9. The topological polar surface area (TPSA) is 116 Å². The molecule has 2 heterocycles. The molecular formula is C13H13ClN6O2S. The molecule has 0 aliphatic heterocycles. The number of aromatic nitrogens is 4. The molecule has 0 unspecified atom stereocenters. The Kier molecular flexibility index (Phi) is 3.92. The van der Waals surface area contributed by atoms with E-state index < -0.39 is 10.0 Å². The average Bonchev–Trinajstić information content (AvgIpc) is 2.86. The molecule has 120 valence electrons. The van der Waals surface area contributed by atoms with E-state index in [2.05, 4.69) is 20.4 Å². The standard InChI is InChI=1S/C13H13ClN6O2S/c1-20-13-9(6-19-20)12(17-7-18-13)16-5-8-2-3-11(10(14)4-8)23(15,21)22/h2-4,6-7H,5H2,1H3,(H2,15,21,22)(H,16,17,18). The number of rotatable bonds is 4. The number of hydrogen-bond acceptors (Lipinski definition) is 6. The van der Waals surface area contributed by atoms with Gasteiger partial charge in [0, 0.05) is 13.6 Å². The lowest BCUT2D eigenvalue weighted by Crippen LogP contribution is -2.13. The Bertz CT molecular complexity index is 985. The lowest BCUT2D eigenvalue weighted by atomic mass is 10.2. The van der Waals surface area contributed by atoms with Crippen molar-refractivity contribution in [3.8, 4) is 0 Å². The van der Waals surface area contributed by atoms with Crippen molar-refractivity contribution >= 4 is 38.5 Å². The Hall–Kier alpha value is -2.23. The van der Waals surface area contributed by atoms with Crippen LogP contribution in [0.1, 0.15) is 5.56 Å². The van der Waals surface area contributed by atoms with Crippen LogP contribution in [0.15, 0.2) is 35.6 Å². The smallest absolute Gasteiger partial charge is 0.239 e. The zero-order chi connectivity index (χ0) is 16.6. The van der Waals surface area contributed by atoms with Crippen LogP contribution in [0.5, 0.6) is 0 Å². The largest absolute Gasteiger partial charge is 0.365 e. The fraction of sp³-hybridized carbons (Fsp3) is 0.154. The van der Waals surface area contributed by atoms with E-state index in [-0.39, 0.29) is 9.92 Å². The first kappa shape index (κ1) is 15.7. The van der Waals surface area contributed by atoms with E-state index >= 15 is 0 Å². The second kappa shape index (κ2) is 5.76. The van der Waals surface area contributed by atoms with Gasteiger partial charge in [-0.05, 0) is 17.7 Å². The fourth-order valence-electron chi connectivity index (χ4n) is 2.17. The van der Waals surface area contributed by atoms with Crippen LogP contribution in [0.25, 0.3) is 11.0 Å². The molecule has 0 saturated carbocycles. The summed E-state index contributed by atoms with van der Waals surface area (Å²) in [6.07, 6.45) is 3.12. The van der Waals surface area contributed by atoms with Crippen LogP contribution in [0.3, 0.4) is 0 Å². The van der Waals surface area contributed by atoms with E-state index in [1.54, 1.807) is 30.1 Å². The molecule has 3 N–H and O–H groups in total. The van der Waals surface area contributed by atoms with E-state index in [1.165, 1.54) is 12.4 Å². The van der Waals surface area contributed by atoms with Crippen LogP contribution in [0.2, 0.25) is 5.02 Å². The molecule has 1 aromatic carbocycles. The van der Waals surface area contributed by atoms with E-state index in [9.17, 15) is 8.42 Å². The Morgan fingerprint density at radius 2 is 2.13 bits per heavy atom. The van der Waals surface area contributed by atoms with Crippen molar-refractivity contribution < 1.29 is 8.42 Å². The minimum Gasteiger partial charge on any atom is -0.365 e. The van der Waals surface area contributed by atoms with Gasteiger partial charge in [0.15, 0.2) is 5.65 Å². The molecule has 0 bridgehead atoms. The highest BCUT2D eigenvalue weighted by atomic mass is 35.5. The summed E-state index contributed by atoms with van der Waals surface area (Å²) in [4.78, 5) is 8.25. The maximum Gasteiger partial charge on any atom is 0.239 e. The van der Waals surface area contributed by atoms with Crippen LogP contribution in [0, 0.1) is 0 Å². The Labute approximate surface area is 137 Å². The molecule has 0 atom stereocenters. The summed E-state index contributed by atoms with van der Waals surface area (Å²) >= 11 is 5.97. The van der Waals surface area contributed by atoms with Gasteiger partial charge < -0.3 is 5.32 Å². The maximum absolute atomic E-state index is 11.3. The minimum absolute atomic E-state index is 0.0843. The van der Waals surface area contributed by atoms with Gasteiger partial charge in [-0.1, -0.05) is 17.7 Å². The molecule has 0 radical (unpaired) electrons. The van der Waals surface area contributed by atoms with Gasteiger partial charge in [-0.25, -0.2) is 23.5 Å². The monoisotopic (exact) mass is 352 g/mol. The SMILES string of the molecule is Cn1ncc2c(NCc3ccc(S(N)(=O)=O)c(Cl)c3)ncnc21. The normalized spacial score (nSPS) is 11.8. The van der Waals surface area contributed by atoms with Crippen LogP contribution in [-0.4, -0.2) is 28.2 Å². The average molecular weight is 353 g/mol. The van der Waals surface area contributed by atoms with Gasteiger partial charge in [-0.15, -0.1) is 0 Å². The first-order valence-corrected chi connectivity index (χ1v) is 8.46. The van der Waals surface area contributed by atoms with Crippen molar-refractivity contribution in [1.29, 1.82) is 0 Å². The van der Waals surface area contributed by atoms with Gasteiger partial charge in [-0.3, -0.25) is 4.68 Å². The number of nitrogens with one attached hydrogen (secondary N) is 1. The number of halogens is 1. The van der Waals surface area contributed by atoms with Crippen LogP contribution < -0.4 is 10.5 Å². The van der Waals surface area contributed by atoms with E-state index in [1.807, 2.05) is 0 Å². The molecule has 0 aliphatic carbocycles. The molecule has 0 saturated heterocycles. The zero-order valence-corrected chi connectivity index (χ0v) is 13.6. The highest BCUT2D eigenvalue weighted by Crippen LogP contribution is 2.23. The molecule has 0 fully saturated rings. The number of benzene rings is 1. The third kappa shape index (κ3) is 3.11. The quantitative estimate of drug-likeness (QED) is 0.730. The second-order valence-corrected chi connectivity index (χ2v) is 6.83. The van der Waals surface area contributed by atoms with Crippen LogP contribution in [0.4, 0.5) is 5.82 Å². The van der Waals surface area contributed by atoms with E-state index in [4.69, 9.17) is 16.7 Å². The number of nitrogens with zero attached hydrogens (tertiary/aromatic N) is 4. The molecule has 0 aliphatic rings. The van der Waals surface area contributed by atoms with Crippen LogP contribution in [-0.2, 0) is 23.6 Å². The second-order valence-electron chi connectivity index (χ2n) is 4.89. The van der Waals surface area contributed by atoms with Gasteiger partial charge in [-0.2, -0.15) is 5.10 Å². The minimum atomic E-state index is -3.83. The Morgan fingerprint density at radius 1 is 1.35 bits per heavy atom. The summed E-state index contributed by atoms with van der Waals surface area (Å²) in [6, 6.07) is 4.57. The first-order valence-electron chi connectivity index (χ1n) is 6.54. The number of aryl methyl sites for hydroxylation is 1. The zero-order valence-electron chi connectivity index (χ0n) is 12.1. The molecule has 0 amide bonds. The third-order valence-corrected chi connectivity index (χ3v) is 4.69. The lowest BCUT2D eigenvalue weighted by Gasteiger charge is -2.08. The van der Waals surface area contributed by atoms with Crippen molar-refractivity contribution in [2.45, 2.75) is 11.4 Å². The number of sulfonamides is 1. The van der Waals surface area contributed by atoms with Crippen molar-refractivity contribution in [2.75, 3.05) is 5.32 Å². The summed E-state index contributed by atoms with van der Waals surface area (Å²) in [5.74, 6) is 0.634. The summed E-state index contributed by atoms with van der Waals surface area (Å²) in [7, 11) is -2.03. The molecule has 3 rings (SSSR count). The van der Waals surface area contributed by atoms with Gasteiger partial charge in [0.1, 0.15) is 17.0 Å². The molecule has 8 nitrogen and oxygen atoms in total.